The predicted octanol–water partition coefficient (Wildman–Crippen LogP) is 4.99. The number of hydrogen-bond donors (Lipinski definition) is 2. The average molecular weight is 467 g/mol. The van der Waals surface area contributed by atoms with Crippen molar-refractivity contribution in [2.75, 3.05) is 23.8 Å². The highest BCUT2D eigenvalue weighted by atomic mass is 35.5. The number of benzene rings is 2. The maximum atomic E-state index is 12.7. The SMILES string of the molecule is O=C(CC1Sc2ccc(Cl)cc2NC1=O)Nc1cc(Cl)ccc1OCC1CCCO1. The Hall–Kier alpha value is -1.93. The minimum Gasteiger partial charge on any atom is -0.489 e. The maximum Gasteiger partial charge on any atom is 0.238 e. The molecule has 2 aromatic carbocycles. The van der Waals surface area contributed by atoms with E-state index in [1.807, 2.05) is 6.07 Å². The lowest BCUT2D eigenvalue weighted by atomic mass is 10.2. The Balaban J connectivity index is 1.40. The lowest BCUT2D eigenvalue weighted by Crippen LogP contribution is -2.32. The maximum absolute atomic E-state index is 12.7. The molecular formula is C21H20Cl2N2O4S. The summed E-state index contributed by atoms with van der Waals surface area (Å²) in [6.07, 6.45) is 2.04. The number of carbonyl (C=O) groups is 2. The molecule has 2 unspecified atom stereocenters. The Kier molecular flexibility index (Phi) is 6.73. The Morgan fingerprint density at radius 2 is 2.03 bits per heavy atom. The summed E-state index contributed by atoms with van der Waals surface area (Å²) in [5.41, 5.74) is 1.13. The van der Waals surface area contributed by atoms with Crippen molar-refractivity contribution in [1.29, 1.82) is 0 Å². The number of fused-ring (bicyclic) bond motifs is 1. The number of thioether (sulfide) groups is 1. The van der Waals surface area contributed by atoms with Crippen molar-refractivity contribution < 1.29 is 19.1 Å². The summed E-state index contributed by atoms with van der Waals surface area (Å²) in [6.45, 7) is 1.15. The van der Waals surface area contributed by atoms with Gasteiger partial charge in [-0.25, -0.2) is 0 Å². The summed E-state index contributed by atoms with van der Waals surface area (Å²) in [5, 5.41) is 6.11. The van der Waals surface area contributed by atoms with E-state index in [1.54, 1.807) is 30.3 Å². The highest BCUT2D eigenvalue weighted by Crippen LogP contribution is 2.38. The van der Waals surface area contributed by atoms with Crippen molar-refractivity contribution in [1.82, 2.24) is 0 Å². The van der Waals surface area contributed by atoms with Crippen LogP contribution >= 0.6 is 35.0 Å². The topological polar surface area (TPSA) is 76.7 Å². The highest BCUT2D eigenvalue weighted by Gasteiger charge is 2.29. The zero-order valence-electron chi connectivity index (χ0n) is 16.0. The van der Waals surface area contributed by atoms with Crippen LogP contribution in [0.2, 0.25) is 10.0 Å². The zero-order valence-corrected chi connectivity index (χ0v) is 18.3. The zero-order chi connectivity index (χ0) is 21.1. The van der Waals surface area contributed by atoms with E-state index in [4.69, 9.17) is 32.7 Å². The first kappa shape index (κ1) is 21.3. The van der Waals surface area contributed by atoms with Crippen LogP contribution in [0.4, 0.5) is 11.4 Å². The van der Waals surface area contributed by atoms with Crippen molar-refractivity contribution in [3.63, 3.8) is 0 Å². The molecule has 2 atom stereocenters. The van der Waals surface area contributed by atoms with Crippen LogP contribution in [0.25, 0.3) is 0 Å². The van der Waals surface area contributed by atoms with Crippen LogP contribution in [0.1, 0.15) is 19.3 Å². The molecular weight excluding hydrogens is 447 g/mol. The molecule has 2 aliphatic heterocycles. The number of amides is 2. The molecule has 0 bridgehead atoms. The van der Waals surface area contributed by atoms with Crippen LogP contribution in [0.3, 0.4) is 0 Å². The van der Waals surface area contributed by atoms with Gasteiger partial charge in [0.05, 0.1) is 22.7 Å². The lowest BCUT2D eigenvalue weighted by Gasteiger charge is -2.24. The summed E-state index contributed by atoms with van der Waals surface area (Å²) < 4.78 is 11.4. The molecule has 2 amide bonds. The summed E-state index contributed by atoms with van der Waals surface area (Å²) in [7, 11) is 0. The highest BCUT2D eigenvalue weighted by molar-refractivity contribution is 8.01. The van der Waals surface area contributed by atoms with Crippen molar-refractivity contribution in [3.8, 4) is 5.75 Å². The van der Waals surface area contributed by atoms with Crippen LogP contribution in [-0.2, 0) is 14.3 Å². The van der Waals surface area contributed by atoms with E-state index < -0.39 is 5.25 Å². The third-order valence-electron chi connectivity index (χ3n) is 4.80. The van der Waals surface area contributed by atoms with E-state index in [1.165, 1.54) is 11.8 Å². The van der Waals surface area contributed by atoms with Crippen molar-refractivity contribution in [2.24, 2.45) is 0 Å². The van der Waals surface area contributed by atoms with E-state index >= 15 is 0 Å². The second kappa shape index (κ2) is 9.47. The summed E-state index contributed by atoms with van der Waals surface area (Å²) in [4.78, 5) is 26.0. The molecule has 1 fully saturated rings. The van der Waals surface area contributed by atoms with Gasteiger partial charge in [0, 0.05) is 28.0 Å². The molecule has 0 aliphatic carbocycles. The Morgan fingerprint density at radius 3 is 2.83 bits per heavy atom. The van der Waals surface area contributed by atoms with Crippen molar-refractivity contribution in [3.05, 3.63) is 46.4 Å². The van der Waals surface area contributed by atoms with E-state index in [9.17, 15) is 9.59 Å². The van der Waals surface area contributed by atoms with Crippen LogP contribution in [-0.4, -0.2) is 36.4 Å². The molecule has 9 heteroatoms. The smallest absolute Gasteiger partial charge is 0.238 e. The van der Waals surface area contributed by atoms with Crippen molar-refractivity contribution in [2.45, 2.75) is 35.5 Å². The van der Waals surface area contributed by atoms with E-state index in [2.05, 4.69) is 10.6 Å². The number of halogens is 2. The Labute approximate surface area is 188 Å². The summed E-state index contributed by atoms with van der Waals surface area (Å²) in [6, 6.07) is 10.3. The van der Waals surface area contributed by atoms with Gasteiger partial charge in [-0.05, 0) is 49.2 Å². The van der Waals surface area contributed by atoms with Gasteiger partial charge in [-0.2, -0.15) is 0 Å². The molecule has 2 N–H and O–H groups in total. The molecule has 2 aliphatic rings. The number of nitrogens with one attached hydrogen (secondary N) is 2. The molecule has 6 nitrogen and oxygen atoms in total. The molecule has 0 spiro atoms. The van der Waals surface area contributed by atoms with E-state index in [0.717, 1.165) is 24.3 Å². The molecule has 4 rings (SSSR count). The monoisotopic (exact) mass is 466 g/mol. The van der Waals surface area contributed by atoms with Gasteiger partial charge in [0.1, 0.15) is 12.4 Å². The first-order valence-electron chi connectivity index (χ1n) is 9.59. The number of rotatable bonds is 6. The third kappa shape index (κ3) is 5.21. The molecule has 30 heavy (non-hydrogen) atoms. The quantitative estimate of drug-likeness (QED) is 0.626. The number of carbonyl (C=O) groups excluding carboxylic acids is 2. The van der Waals surface area contributed by atoms with Gasteiger partial charge in [-0.15, -0.1) is 11.8 Å². The van der Waals surface area contributed by atoms with Crippen LogP contribution in [0, 0.1) is 0 Å². The molecule has 158 valence electrons. The molecule has 2 aromatic rings. The average Bonchev–Trinajstić information content (AvgIpc) is 3.22. The number of ether oxygens (including phenoxy) is 2. The van der Waals surface area contributed by atoms with Gasteiger partial charge in [0.25, 0.3) is 0 Å². The fourth-order valence-electron chi connectivity index (χ4n) is 3.31. The van der Waals surface area contributed by atoms with Gasteiger partial charge >= 0.3 is 0 Å². The minimum atomic E-state index is -0.547. The molecule has 0 aromatic heterocycles. The summed E-state index contributed by atoms with van der Waals surface area (Å²) >= 11 is 13.4. The molecule has 1 saturated heterocycles. The second-order valence-electron chi connectivity index (χ2n) is 7.08. The van der Waals surface area contributed by atoms with E-state index in [0.29, 0.717) is 33.8 Å². The van der Waals surface area contributed by atoms with Crippen LogP contribution < -0.4 is 15.4 Å². The normalized spacial score (nSPS) is 20.4. The fourth-order valence-corrected chi connectivity index (χ4v) is 4.75. The number of hydrogen-bond acceptors (Lipinski definition) is 5. The minimum absolute atomic E-state index is 0.0102. The standard InChI is InChI=1S/C21H20Cl2N2O4S/c22-12-3-5-17(29-11-14-2-1-7-28-14)15(8-12)24-20(26)10-19-21(27)25-16-9-13(23)4-6-18(16)30-19/h3-6,8-9,14,19H,1-2,7,10-11H2,(H,24,26)(H,25,27). The molecule has 0 radical (unpaired) electrons. The molecule has 2 heterocycles. The lowest BCUT2D eigenvalue weighted by molar-refractivity contribution is -0.120. The Bertz CT molecular complexity index is 966. The van der Waals surface area contributed by atoms with E-state index in [-0.39, 0.29) is 24.3 Å². The number of anilines is 2. The van der Waals surface area contributed by atoms with Gasteiger partial charge in [-0.3, -0.25) is 9.59 Å². The second-order valence-corrected chi connectivity index (χ2v) is 9.19. The van der Waals surface area contributed by atoms with Gasteiger partial charge in [-0.1, -0.05) is 23.2 Å². The fraction of sp³-hybridized carbons (Fsp3) is 0.333. The predicted molar refractivity (Wildman–Crippen MR) is 119 cm³/mol. The van der Waals surface area contributed by atoms with Crippen LogP contribution in [0.5, 0.6) is 5.75 Å². The largest absolute Gasteiger partial charge is 0.489 e. The summed E-state index contributed by atoms with van der Waals surface area (Å²) in [5.74, 6) is -0.0147. The van der Waals surface area contributed by atoms with Gasteiger partial charge in [0.2, 0.25) is 11.8 Å². The van der Waals surface area contributed by atoms with Gasteiger partial charge < -0.3 is 20.1 Å². The van der Waals surface area contributed by atoms with Gasteiger partial charge in [0.15, 0.2) is 0 Å². The third-order valence-corrected chi connectivity index (χ3v) is 6.54. The van der Waals surface area contributed by atoms with Crippen molar-refractivity contribution >= 4 is 58.2 Å². The first-order valence-corrected chi connectivity index (χ1v) is 11.2. The first-order chi connectivity index (χ1) is 14.5. The Morgan fingerprint density at radius 1 is 1.23 bits per heavy atom. The molecule has 0 saturated carbocycles. The van der Waals surface area contributed by atoms with Crippen LogP contribution in [0.15, 0.2) is 41.3 Å².